The van der Waals surface area contributed by atoms with E-state index in [-0.39, 0.29) is 29.7 Å². The molecule has 166 valence electrons. The number of imide groups is 1. The number of nitrogens with one attached hydrogen (secondary N) is 3. The summed E-state index contributed by atoms with van der Waals surface area (Å²) in [4.78, 5) is 38.4. The highest BCUT2D eigenvalue weighted by Gasteiger charge is 2.40. The van der Waals surface area contributed by atoms with Crippen molar-refractivity contribution in [2.75, 3.05) is 19.7 Å². The highest BCUT2D eigenvalue weighted by atomic mass is 16.5. The number of benzene rings is 1. The lowest BCUT2D eigenvalue weighted by Gasteiger charge is -2.44. The maximum Gasteiger partial charge on any atom is 0.255 e. The van der Waals surface area contributed by atoms with Gasteiger partial charge in [0, 0.05) is 37.7 Å². The van der Waals surface area contributed by atoms with E-state index in [1.165, 1.54) is 0 Å². The summed E-state index contributed by atoms with van der Waals surface area (Å²) in [5.74, 6) is -0.754. The minimum Gasteiger partial charge on any atom is -0.375 e. The Hall–Kier alpha value is -2.29. The summed E-state index contributed by atoms with van der Waals surface area (Å²) >= 11 is 0. The van der Waals surface area contributed by atoms with Crippen LogP contribution in [0, 0.1) is 0 Å². The number of hydrogen-bond donors (Lipinski definition) is 3. The summed E-state index contributed by atoms with van der Waals surface area (Å²) in [5, 5.41) is 9.49. The predicted molar refractivity (Wildman–Crippen MR) is 113 cm³/mol. The van der Waals surface area contributed by atoms with Gasteiger partial charge in [-0.1, -0.05) is 12.1 Å². The number of carbonyl (C=O) groups is 3. The molecule has 0 radical (unpaired) electrons. The molecule has 3 amide bonds. The second-order valence-electron chi connectivity index (χ2n) is 9.20. The highest BCUT2D eigenvalue weighted by Crippen LogP contribution is 2.34. The zero-order valence-electron chi connectivity index (χ0n) is 17.7. The Morgan fingerprint density at radius 2 is 2.00 bits per heavy atom. The van der Waals surface area contributed by atoms with E-state index in [2.05, 4.69) is 22.0 Å². The summed E-state index contributed by atoms with van der Waals surface area (Å²) in [6.45, 7) is 3.92. The van der Waals surface area contributed by atoms with Crippen LogP contribution in [0.3, 0.4) is 0 Å². The Morgan fingerprint density at radius 3 is 2.81 bits per heavy atom. The van der Waals surface area contributed by atoms with E-state index in [0.717, 1.165) is 56.5 Å². The van der Waals surface area contributed by atoms with Crippen molar-refractivity contribution >= 4 is 17.7 Å². The van der Waals surface area contributed by atoms with Crippen molar-refractivity contribution in [1.29, 1.82) is 0 Å². The van der Waals surface area contributed by atoms with Crippen LogP contribution in [0.2, 0.25) is 0 Å². The van der Waals surface area contributed by atoms with Gasteiger partial charge in [-0.05, 0) is 62.4 Å². The van der Waals surface area contributed by atoms with E-state index < -0.39 is 6.04 Å². The third-order valence-electron chi connectivity index (χ3n) is 7.27. The second-order valence-corrected chi connectivity index (χ2v) is 9.20. The molecule has 4 aliphatic rings. The molecule has 0 bridgehead atoms. The largest absolute Gasteiger partial charge is 0.375 e. The van der Waals surface area contributed by atoms with E-state index in [0.29, 0.717) is 31.1 Å². The lowest BCUT2D eigenvalue weighted by atomic mass is 9.83. The van der Waals surface area contributed by atoms with Gasteiger partial charge in [0.05, 0.1) is 5.60 Å². The fraction of sp³-hybridized carbons (Fsp3) is 0.609. The number of hydrogen-bond acceptors (Lipinski definition) is 6. The minimum absolute atomic E-state index is 0.00164. The maximum atomic E-state index is 13.0. The van der Waals surface area contributed by atoms with Gasteiger partial charge in [-0.25, -0.2) is 0 Å². The molecule has 2 unspecified atom stereocenters. The average molecular weight is 427 g/mol. The number of nitrogens with zero attached hydrogens (tertiary/aromatic N) is 1. The van der Waals surface area contributed by atoms with E-state index >= 15 is 0 Å². The first-order chi connectivity index (χ1) is 15.0. The fourth-order valence-corrected chi connectivity index (χ4v) is 5.50. The molecule has 4 heterocycles. The molecule has 5 rings (SSSR count). The molecular formula is C23H30N4O4. The van der Waals surface area contributed by atoms with Crippen molar-refractivity contribution < 1.29 is 19.1 Å². The minimum atomic E-state index is -0.575. The highest BCUT2D eigenvalue weighted by molar-refractivity contribution is 6.05. The van der Waals surface area contributed by atoms with Gasteiger partial charge >= 0.3 is 0 Å². The summed E-state index contributed by atoms with van der Waals surface area (Å²) < 4.78 is 6.18. The lowest BCUT2D eigenvalue weighted by Crippen LogP contribution is -2.52. The molecule has 3 saturated heterocycles. The van der Waals surface area contributed by atoms with Crippen LogP contribution in [0.5, 0.6) is 0 Å². The number of piperidine rings is 2. The second kappa shape index (κ2) is 8.33. The number of amides is 3. The standard InChI is InChI=1S/C23H30N4O4/c28-20-5-4-19(21(29)26-20)27-14-18-15(2-1-3-17(18)22(27)30)13-25-16-6-11-31-23(12-16)7-9-24-10-8-23/h1-3,16,19,24-25H,4-14H2,(H,26,28,29). The molecule has 1 spiro atoms. The van der Waals surface area contributed by atoms with Crippen LogP contribution in [0.1, 0.15) is 60.0 Å². The van der Waals surface area contributed by atoms with Gasteiger partial charge in [0.1, 0.15) is 6.04 Å². The van der Waals surface area contributed by atoms with Crippen molar-refractivity contribution in [2.45, 2.75) is 69.3 Å². The van der Waals surface area contributed by atoms with E-state index in [1.54, 1.807) is 4.90 Å². The van der Waals surface area contributed by atoms with Crippen LogP contribution in [0.4, 0.5) is 0 Å². The van der Waals surface area contributed by atoms with Gasteiger partial charge in [0.25, 0.3) is 5.91 Å². The molecule has 3 fully saturated rings. The fourth-order valence-electron chi connectivity index (χ4n) is 5.50. The monoisotopic (exact) mass is 426 g/mol. The molecule has 1 aromatic rings. The summed E-state index contributed by atoms with van der Waals surface area (Å²) in [7, 11) is 0. The smallest absolute Gasteiger partial charge is 0.255 e. The molecule has 2 atom stereocenters. The topological polar surface area (TPSA) is 99.8 Å². The number of ether oxygens (including phenoxy) is 1. The first-order valence-corrected chi connectivity index (χ1v) is 11.4. The molecule has 0 saturated carbocycles. The first-order valence-electron chi connectivity index (χ1n) is 11.4. The van der Waals surface area contributed by atoms with Crippen LogP contribution >= 0.6 is 0 Å². The van der Waals surface area contributed by atoms with Crippen LogP contribution in [0.15, 0.2) is 18.2 Å². The van der Waals surface area contributed by atoms with E-state index in [1.807, 2.05) is 12.1 Å². The lowest BCUT2D eigenvalue weighted by molar-refractivity contribution is -0.136. The summed E-state index contributed by atoms with van der Waals surface area (Å²) in [6, 6.07) is 5.64. The zero-order chi connectivity index (χ0) is 21.4. The maximum absolute atomic E-state index is 13.0. The molecule has 8 heteroatoms. The van der Waals surface area contributed by atoms with Gasteiger partial charge in [-0.2, -0.15) is 0 Å². The first kappa shape index (κ1) is 20.6. The normalized spacial score (nSPS) is 28.0. The Labute approximate surface area is 182 Å². The third-order valence-corrected chi connectivity index (χ3v) is 7.27. The summed E-state index contributed by atoms with van der Waals surface area (Å²) in [6.07, 6.45) is 4.78. The molecular weight excluding hydrogens is 396 g/mol. The number of rotatable bonds is 4. The van der Waals surface area contributed by atoms with Gasteiger partial charge in [0.15, 0.2) is 0 Å². The molecule has 3 N–H and O–H groups in total. The Balaban J connectivity index is 1.26. The van der Waals surface area contributed by atoms with E-state index in [4.69, 9.17) is 4.74 Å². The Bertz CT molecular complexity index is 890. The average Bonchev–Trinajstić information content (AvgIpc) is 3.10. The van der Waals surface area contributed by atoms with Crippen LogP contribution in [-0.2, 0) is 27.4 Å². The van der Waals surface area contributed by atoms with Crippen molar-refractivity contribution in [3.8, 4) is 0 Å². The molecule has 1 aromatic carbocycles. The quantitative estimate of drug-likeness (QED) is 0.617. The van der Waals surface area contributed by atoms with Crippen molar-refractivity contribution in [1.82, 2.24) is 20.9 Å². The van der Waals surface area contributed by atoms with Crippen molar-refractivity contribution in [3.05, 3.63) is 34.9 Å². The number of fused-ring (bicyclic) bond motifs is 1. The Morgan fingerprint density at radius 1 is 1.16 bits per heavy atom. The van der Waals surface area contributed by atoms with Crippen molar-refractivity contribution in [3.63, 3.8) is 0 Å². The van der Waals surface area contributed by atoms with Crippen LogP contribution < -0.4 is 16.0 Å². The van der Waals surface area contributed by atoms with Crippen molar-refractivity contribution in [2.24, 2.45) is 0 Å². The molecule has 0 aliphatic carbocycles. The van der Waals surface area contributed by atoms with Gasteiger partial charge in [-0.3, -0.25) is 19.7 Å². The van der Waals surface area contributed by atoms with Crippen LogP contribution in [-0.4, -0.2) is 60.0 Å². The SMILES string of the molecule is O=C1CCC(N2Cc3c(CNC4CCOC5(CCNCC5)C4)cccc3C2=O)C(=O)N1. The summed E-state index contributed by atoms with van der Waals surface area (Å²) in [5.41, 5.74) is 2.77. The third kappa shape index (κ3) is 4.00. The predicted octanol–water partition coefficient (Wildman–Crippen LogP) is 0.838. The van der Waals surface area contributed by atoms with Gasteiger partial charge in [0.2, 0.25) is 11.8 Å². The Kier molecular flexibility index (Phi) is 5.54. The zero-order valence-corrected chi connectivity index (χ0v) is 17.7. The van der Waals surface area contributed by atoms with Crippen LogP contribution in [0.25, 0.3) is 0 Å². The molecule has 4 aliphatic heterocycles. The van der Waals surface area contributed by atoms with Gasteiger partial charge in [-0.15, -0.1) is 0 Å². The van der Waals surface area contributed by atoms with Gasteiger partial charge < -0.3 is 20.3 Å². The molecule has 8 nitrogen and oxygen atoms in total. The molecule has 31 heavy (non-hydrogen) atoms. The van der Waals surface area contributed by atoms with E-state index in [9.17, 15) is 14.4 Å². The number of carbonyl (C=O) groups excluding carboxylic acids is 3. The molecule has 0 aromatic heterocycles.